The molecule has 33 heavy (non-hydrogen) atoms. The first kappa shape index (κ1) is 24.0. The molecule has 5 nitrogen and oxygen atoms in total. The second-order valence-corrected chi connectivity index (χ2v) is 7.85. The lowest BCUT2D eigenvalue weighted by atomic mass is 10.0. The summed E-state index contributed by atoms with van der Waals surface area (Å²) in [5.41, 5.74) is 2.75. The highest BCUT2D eigenvalue weighted by Crippen LogP contribution is 2.17. The van der Waals surface area contributed by atoms with Crippen LogP contribution >= 0.6 is 0 Å². The number of benzene rings is 3. The topological polar surface area (TPSA) is 58.6 Å². The van der Waals surface area contributed by atoms with Gasteiger partial charge in [0.15, 0.2) is 6.61 Å². The SMILES string of the molecule is CCNC(=O)C(Cc1ccccc1)N(Cc1ccc(F)cc1)C(=O)COc1ccc(C)cc1. The molecular weight excluding hydrogens is 419 g/mol. The Labute approximate surface area is 194 Å². The fraction of sp³-hybridized carbons (Fsp3) is 0.259. The van der Waals surface area contributed by atoms with E-state index in [1.165, 1.54) is 17.0 Å². The molecule has 0 aliphatic heterocycles. The number of carbonyl (C=O) groups excluding carboxylic acids is 2. The van der Waals surface area contributed by atoms with Crippen LogP contribution in [0.3, 0.4) is 0 Å². The highest BCUT2D eigenvalue weighted by Gasteiger charge is 2.30. The Morgan fingerprint density at radius 2 is 1.61 bits per heavy atom. The van der Waals surface area contributed by atoms with E-state index >= 15 is 0 Å². The van der Waals surface area contributed by atoms with Crippen molar-refractivity contribution in [2.24, 2.45) is 0 Å². The lowest BCUT2D eigenvalue weighted by Gasteiger charge is -2.31. The van der Waals surface area contributed by atoms with Crippen LogP contribution in [0.2, 0.25) is 0 Å². The third kappa shape index (κ3) is 7.17. The van der Waals surface area contributed by atoms with Gasteiger partial charge in [-0.3, -0.25) is 9.59 Å². The van der Waals surface area contributed by atoms with E-state index in [2.05, 4.69) is 5.32 Å². The molecule has 2 amide bonds. The Hall–Kier alpha value is -3.67. The van der Waals surface area contributed by atoms with Crippen LogP contribution in [0.5, 0.6) is 5.75 Å². The van der Waals surface area contributed by atoms with Gasteiger partial charge in [0, 0.05) is 19.5 Å². The summed E-state index contributed by atoms with van der Waals surface area (Å²) in [5.74, 6) is -0.351. The van der Waals surface area contributed by atoms with Gasteiger partial charge in [-0.05, 0) is 49.2 Å². The Bertz CT molecular complexity index is 1040. The molecule has 6 heteroatoms. The first-order valence-electron chi connectivity index (χ1n) is 11.0. The Morgan fingerprint density at radius 1 is 0.939 bits per heavy atom. The molecule has 0 saturated heterocycles. The van der Waals surface area contributed by atoms with Gasteiger partial charge in [-0.1, -0.05) is 60.2 Å². The lowest BCUT2D eigenvalue weighted by Crippen LogP contribution is -2.51. The molecule has 0 spiro atoms. The average Bonchev–Trinajstić information content (AvgIpc) is 2.82. The summed E-state index contributed by atoms with van der Waals surface area (Å²) in [7, 11) is 0. The molecule has 0 radical (unpaired) electrons. The standard InChI is InChI=1S/C27H29FN2O3/c1-3-29-27(32)25(17-21-7-5-4-6-8-21)30(18-22-11-13-23(28)14-12-22)26(31)19-33-24-15-9-20(2)10-16-24/h4-16,25H,3,17-19H2,1-2H3,(H,29,32). The van der Waals surface area contributed by atoms with Crippen LogP contribution in [0, 0.1) is 12.7 Å². The van der Waals surface area contributed by atoms with E-state index in [0.717, 1.165) is 16.7 Å². The summed E-state index contributed by atoms with van der Waals surface area (Å²) in [5, 5.41) is 2.84. The molecule has 172 valence electrons. The summed E-state index contributed by atoms with van der Waals surface area (Å²) in [6.07, 6.45) is 0.351. The van der Waals surface area contributed by atoms with Crippen LogP contribution in [-0.4, -0.2) is 35.9 Å². The number of carbonyl (C=O) groups is 2. The smallest absolute Gasteiger partial charge is 0.261 e. The molecule has 0 bridgehead atoms. The number of rotatable bonds is 10. The third-order valence-electron chi connectivity index (χ3n) is 5.27. The molecule has 1 atom stereocenters. The molecule has 3 rings (SSSR count). The first-order chi connectivity index (χ1) is 16.0. The van der Waals surface area contributed by atoms with Gasteiger partial charge in [0.2, 0.25) is 5.91 Å². The van der Waals surface area contributed by atoms with Crippen molar-refractivity contribution < 1.29 is 18.7 Å². The fourth-order valence-electron chi connectivity index (χ4n) is 3.49. The average molecular weight is 449 g/mol. The molecule has 0 aromatic heterocycles. The molecule has 0 heterocycles. The number of hydrogen-bond donors (Lipinski definition) is 1. The van der Waals surface area contributed by atoms with Gasteiger partial charge in [0.1, 0.15) is 17.6 Å². The molecule has 3 aromatic carbocycles. The highest BCUT2D eigenvalue weighted by molar-refractivity contribution is 5.88. The highest BCUT2D eigenvalue weighted by atomic mass is 19.1. The largest absolute Gasteiger partial charge is 0.484 e. The summed E-state index contributed by atoms with van der Waals surface area (Å²) in [4.78, 5) is 27.9. The van der Waals surface area contributed by atoms with Gasteiger partial charge in [0.25, 0.3) is 5.91 Å². The molecule has 3 aromatic rings. The van der Waals surface area contributed by atoms with E-state index in [-0.39, 0.29) is 30.8 Å². The van der Waals surface area contributed by atoms with E-state index in [1.807, 2.05) is 56.3 Å². The number of halogens is 1. The van der Waals surface area contributed by atoms with Crippen molar-refractivity contribution >= 4 is 11.8 Å². The van der Waals surface area contributed by atoms with Gasteiger partial charge >= 0.3 is 0 Å². The van der Waals surface area contributed by atoms with Crippen LogP contribution in [-0.2, 0) is 22.6 Å². The summed E-state index contributed by atoms with van der Waals surface area (Å²) in [6, 6.07) is 22.2. The van der Waals surface area contributed by atoms with E-state index < -0.39 is 6.04 Å². The Kier molecular flexibility index (Phi) is 8.58. The predicted octanol–water partition coefficient (Wildman–Crippen LogP) is 4.29. The molecule has 0 fully saturated rings. The fourth-order valence-corrected chi connectivity index (χ4v) is 3.49. The first-order valence-corrected chi connectivity index (χ1v) is 11.0. The quantitative estimate of drug-likeness (QED) is 0.503. The van der Waals surface area contributed by atoms with Crippen LogP contribution in [0.25, 0.3) is 0 Å². The minimum atomic E-state index is -0.744. The van der Waals surface area contributed by atoms with Crippen molar-refractivity contribution in [3.05, 3.63) is 101 Å². The summed E-state index contributed by atoms with van der Waals surface area (Å²) in [6.45, 7) is 4.20. The van der Waals surface area contributed by atoms with Gasteiger partial charge < -0.3 is 15.0 Å². The van der Waals surface area contributed by atoms with E-state index in [9.17, 15) is 14.0 Å². The number of nitrogens with one attached hydrogen (secondary N) is 1. The Balaban J connectivity index is 1.87. The molecular formula is C27H29FN2O3. The number of aryl methyl sites for hydroxylation is 1. The molecule has 1 unspecified atom stereocenters. The van der Waals surface area contributed by atoms with Crippen molar-refractivity contribution in [1.29, 1.82) is 0 Å². The maximum absolute atomic E-state index is 13.4. The van der Waals surface area contributed by atoms with Crippen LogP contribution in [0.15, 0.2) is 78.9 Å². The predicted molar refractivity (Wildman–Crippen MR) is 126 cm³/mol. The van der Waals surface area contributed by atoms with Crippen molar-refractivity contribution in [3.8, 4) is 5.75 Å². The van der Waals surface area contributed by atoms with Crippen LogP contribution in [0.4, 0.5) is 4.39 Å². The number of hydrogen-bond acceptors (Lipinski definition) is 3. The van der Waals surface area contributed by atoms with Crippen LogP contribution < -0.4 is 10.1 Å². The number of ether oxygens (including phenoxy) is 1. The van der Waals surface area contributed by atoms with Gasteiger partial charge in [-0.25, -0.2) is 4.39 Å². The normalized spacial score (nSPS) is 11.5. The zero-order valence-corrected chi connectivity index (χ0v) is 19.0. The monoisotopic (exact) mass is 448 g/mol. The minimum absolute atomic E-state index is 0.158. The van der Waals surface area contributed by atoms with Gasteiger partial charge in [0.05, 0.1) is 0 Å². The molecule has 0 aliphatic rings. The van der Waals surface area contributed by atoms with E-state index in [0.29, 0.717) is 18.7 Å². The van der Waals surface area contributed by atoms with Crippen molar-refractivity contribution in [2.75, 3.05) is 13.2 Å². The zero-order valence-electron chi connectivity index (χ0n) is 19.0. The van der Waals surface area contributed by atoms with Crippen molar-refractivity contribution in [2.45, 2.75) is 32.9 Å². The molecule has 1 N–H and O–H groups in total. The lowest BCUT2D eigenvalue weighted by molar-refractivity contribution is -0.142. The second kappa shape index (κ2) is 11.8. The van der Waals surface area contributed by atoms with E-state index in [4.69, 9.17) is 4.74 Å². The summed E-state index contributed by atoms with van der Waals surface area (Å²) >= 11 is 0. The van der Waals surface area contributed by atoms with Gasteiger partial charge in [-0.2, -0.15) is 0 Å². The number of nitrogens with zero attached hydrogens (tertiary/aromatic N) is 1. The minimum Gasteiger partial charge on any atom is -0.484 e. The molecule has 0 saturated carbocycles. The maximum Gasteiger partial charge on any atom is 0.261 e. The van der Waals surface area contributed by atoms with Crippen LogP contribution in [0.1, 0.15) is 23.6 Å². The third-order valence-corrected chi connectivity index (χ3v) is 5.27. The number of likely N-dealkylation sites (N-methyl/N-ethyl adjacent to an activating group) is 1. The Morgan fingerprint density at radius 3 is 2.24 bits per heavy atom. The number of amides is 2. The molecule has 0 aliphatic carbocycles. The second-order valence-electron chi connectivity index (χ2n) is 7.85. The van der Waals surface area contributed by atoms with E-state index in [1.54, 1.807) is 24.3 Å². The van der Waals surface area contributed by atoms with Crippen molar-refractivity contribution in [1.82, 2.24) is 10.2 Å². The zero-order chi connectivity index (χ0) is 23.6. The summed E-state index contributed by atoms with van der Waals surface area (Å²) < 4.78 is 19.1. The maximum atomic E-state index is 13.4. The van der Waals surface area contributed by atoms with Crippen molar-refractivity contribution in [3.63, 3.8) is 0 Å². The van der Waals surface area contributed by atoms with Gasteiger partial charge in [-0.15, -0.1) is 0 Å².